The molecule has 1 heterocycles. The van der Waals surface area contributed by atoms with Crippen LogP contribution in [-0.4, -0.2) is 22.8 Å². The summed E-state index contributed by atoms with van der Waals surface area (Å²) in [6, 6.07) is 8.69. The van der Waals surface area contributed by atoms with Gasteiger partial charge < -0.3 is 15.0 Å². The Hall–Kier alpha value is -1.32. The fourth-order valence-electron chi connectivity index (χ4n) is 2.47. The van der Waals surface area contributed by atoms with Crippen LogP contribution in [0.25, 0.3) is 10.9 Å². The second-order valence-corrected chi connectivity index (χ2v) is 6.51. The van der Waals surface area contributed by atoms with Crippen LogP contribution in [-0.2, 0) is 17.7 Å². The van der Waals surface area contributed by atoms with E-state index in [-0.39, 0.29) is 11.6 Å². The van der Waals surface area contributed by atoms with Gasteiger partial charge in [0.2, 0.25) is 0 Å². The third kappa shape index (κ3) is 3.84. The van der Waals surface area contributed by atoms with E-state index in [1.165, 1.54) is 16.5 Å². The fourth-order valence-corrected chi connectivity index (χ4v) is 2.47. The molecule has 0 amide bonds. The van der Waals surface area contributed by atoms with Crippen molar-refractivity contribution in [2.24, 2.45) is 5.73 Å². The number of hydrogen-bond acceptors (Lipinski definition) is 2. The molecule has 1 unspecified atom stereocenters. The molecule has 0 spiro atoms. The first-order valence-corrected chi connectivity index (χ1v) is 7.33. The van der Waals surface area contributed by atoms with Crippen LogP contribution in [0.2, 0.25) is 0 Å². The molecule has 2 rings (SSSR count). The van der Waals surface area contributed by atoms with Crippen LogP contribution in [0.4, 0.5) is 0 Å². The highest BCUT2D eigenvalue weighted by Gasteiger charge is 2.12. The number of nitrogens with zero attached hydrogens (tertiary/aromatic N) is 1. The van der Waals surface area contributed by atoms with Gasteiger partial charge in [-0.2, -0.15) is 0 Å². The molecule has 2 aromatic rings. The van der Waals surface area contributed by atoms with Crippen LogP contribution in [0.5, 0.6) is 0 Å². The van der Waals surface area contributed by atoms with Gasteiger partial charge in [0.05, 0.1) is 12.2 Å². The van der Waals surface area contributed by atoms with Crippen LogP contribution < -0.4 is 5.73 Å². The Bertz CT molecular complexity index is 564. The lowest BCUT2D eigenvalue weighted by atomic mass is 10.1. The second kappa shape index (κ2) is 5.98. The van der Waals surface area contributed by atoms with Crippen molar-refractivity contribution in [1.29, 1.82) is 0 Å². The van der Waals surface area contributed by atoms with Crippen molar-refractivity contribution in [1.82, 2.24) is 4.57 Å². The number of ether oxygens (including phenoxy) is 1. The van der Waals surface area contributed by atoms with Gasteiger partial charge in [-0.25, -0.2) is 0 Å². The number of nitrogens with two attached hydrogens (primary N) is 1. The summed E-state index contributed by atoms with van der Waals surface area (Å²) < 4.78 is 8.10. The van der Waals surface area contributed by atoms with E-state index in [1.54, 1.807) is 0 Å². The minimum Gasteiger partial charge on any atom is -0.374 e. The molecule has 0 saturated carbocycles. The first kappa shape index (κ1) is 15.1. The van der Waals surface area contributed by atoms with Gasteiger partial charge in [-0.3, -0.25) is 0 Å². The van der Waals surface area contributed by atoms with Gasteiger partial charge in [-0.1, -0.05) is 18.2 Å². The van der Waals surface area contributed by atoms with Gasteiger partial charge in [0.1, 0.15) is 0 Å². The lowest BCUT2D eigenvalue weighted by molar-refractivity contribution is -0.00645. The van der Waals surface area contributed by atoms with Gasteiger partial charge in [-0.05, 0) is 45.7 Å². The van der Waals surface area contributed by atoms with Crippen LogP contribution in [0.15, 0.2) is 30.5 Å². The molecule has 0 radical (unpaired) electrons. The number of benzene rings is 1. The number of fused-ring (bicyclic) bond motifs is 1. The molecule has 0 saturated heterocycles. The molecule has 0 aliphatic heterocycles. The van der Waals surface area contributed by atoms with Crippen LogP contribution >= 0.6 is 0 Å². The van der Waals surface area contributed by atoms with Crippen molar-refractivity contribution in [2.45, 2.75) is 52.3 Å². The molecular weight excluding hydrogens is 248 g/mol. The largest absolute Gasteiger partial charge is 0.374 e. The summed E-state index contributed by atoms with van der Waals surface area (Å²) in [7, 11) is 0. The number of aromatic nitrogens is 1. The summed E-state index contributed by atoms with van der Waals surface area (Å²) in [5, 5.41) is 1.31. The Morgan fingerprint density at radius 3 is 2.60 bits per heavy atom. The SMILES string of the molecule is CC(N)Cc1cn(CCOC(C)(C)C)c2ccccc12. The summed E-state index contributed by atoms with van der Waals surface area (Å²) in [5.74, 6) is 0. The van der Waals surface area contributed by atoms with Gasteiger partial charge in [-0.15, -0.1) is 0 Å². The quantitative estimate of drug-likeness (QED) is 0.908. The van der Waals surface area contributed by atoms with Crippen molar-refractivity contribution in [3.05, 3.63) is 36.0 Å². The van der Waals surface area contributed by atoms with Gasteiger partial charge in [0, 0.05) is 29.7 Å². The molecule has 0 aliphatic carbocycles. The van der Waals surface area contributed by atoms with Crippen molar-refractivity contribution < 1.29 is 4.74 Å². The summed E-state index contributed by atoms with van der Waals surface area (Å²) in [6.45, 7) is 9.90. The Morgan fingerprint density at radius 1 is 1.25 bits per heavy atom. The highest BCUT2D eigenvalue weighted by atomic mass is 16.5. The van der Waals surface area contributed by atoms with Crippen LogP contribution in [0.3, 0.4) is 0 Å². The number of para-hydroxylation sites is 1. The minimum absolute atomic E-state index is 0.0858. The first-order valence-electron chi connectivity index (χ1n) is 7.33. The van der Waals surface area contributed by atoms with E-state index in [9.17, 15) is 0 Å². The predicted molar refractivity (Wildman–Crippen MR) is 85.0 cm³/mol. The van der Waals surface area contributed by atoms with E-state index in [4.69, 9.17) is 10.5 Å². The third-order valence-electron chi connectivity index (χ3n) is 3.28. The molecule has 2 N–H and O–H groups in total. The van der Waals surface area contributed by atoms with E-state index >= 15 is 0 Å². The number of hydrogen-bond donors (Lipinski definition) is 1. The van der Waals surface area contributed by atoms with E-state index in [0.29, 0.717) is 0 Å². The maximum absolute atomic E-state index is 5.95. The molecule has 0 fully saturated rings. The molecular formula is C17H26N2O. The molecule has 3 heteroatoms. The molecule has 3 nitrogen and oxygen atoms in total. The maximum Gasteiger partial charge on any atom is 0.0652 e. The zero-order chi connectivity index (χ0) is 14.8. The maximum atomic E-state index is 5.95. The normalized spacial score (nSPS) is 13.8. The molecule has 0 bridgehead atoms. The molecule has 1 aromatic carbocycles. The zero-order valence-corrected chi connectivity index (χ0v) is 13.0. The number of rotatable bonds is 5. The Balaban J connectivity index is 2.20. The smallest absolute Gasteiger partial charge is 0.0652 e. The summed E-state index contributed by atoms with van der Waals surface area (Å²) in [6.07, 6.45) is 3.13. The lowest BCUT2D eigenvalue weighted by Gasteiger charge is -2.19. The summed E-state index contributed by atoms with van der Waals surface area (Å²) >= 11 is 0. The second-order valence-electron chi connectivity index (χ2n) is 6.51. The van der Waals surface area contributed by atoms with Crippen molar-refractivity contribution in [3.8, 4) is 0 Å². The topological polar surface area (TPSA) is 40.2 Å². The van der Waals surface area contributed by atoms with Gasteiger partial charge in [0.15, 0.2) is 0 Å². The predicted octanol–water partition coefficient (Wildman–Crippen LogP) is 3.35. The Morgan fingerprint density at radius 2 is 1.95 bits per heavy atom. The fraction of sp³-hybridized carbons (Fsp3) is 0.529. The highest BCUT2D eigenvalue weighted by Crippen LogP contribution is 2.22. The van der Waals surface area contributed by atoms with E-state index in [0.717, 1.165) is 19.6 Å². The molecule has 20 heavy (non-hydrogen) atoms. The first-order chi connectivity index (χ1) is 9.37. The summed E-state index contributed by atoms with van der Waals surface area (Å²) in [4.78, 5) is 0. The van der Waals surface area contributed by atoms with E-state index < -0.39 is 0 Å². The van der Waals surface area contributed by atoms with Gasteiger partial charge >= 0.3 is 0 Å². The van der Waals surface area contributed by atoms with Crippen LogP contribution in [0.1, 0.15) is 33.3 Å². The molecule has 1 atom stereocenters. The van der Waals surface area contributed by atoms with Crippen molar-refractivity contribution >= 4 is 10.9 Å². The Labute approximate surface area is 121 Å². The average Bonchev–Trinajstić information content (AvgIpc) is 2.66. The third-order valence-corrected chi connectivity index (χ3v) is 3.28. The average molecular weight is 274 g/mol. The van der Waals surface area contributed by atoms with Gasteiger partial charge in [0.25, 0.3) is 0 Å². The molecule has 1 aromatic heterocycles. The highest BCUT2D eigenvalue weighted by molar-refractivity contribution is 5.84. The molecule has 0 aliphatic rings. The van der Waals surface area contributed by atoms with Crippen LogP contribution in [0, 0.1) is 0 Å². The zero-order valence-electron chi connectivity index (χ0n) is 13.0. The van der Waals surface area contributed by atoms with E-state index in [2.05, 4.69) is 62.7 Å². The monoisotopic (exact) mass is 274 g/mol. The van der Waals surface area contributed by atoms with Crippen molar-refractivity contribution in [2.75, 3.05) is 6.61 Å². The standard InChI is InChI=1S/C17H26N2O/c1-13(18)11-14-12-19(9-10-20-17(2,3)4)16-8-6-5-7-15(14)16/h5-8,12-13H,9-11,18H2,1-4H3. The molecule has 110 valence electrons. The van der Waals surface area contributed by atoms with Crippen molar-refractivity contribution in [3.63, 3.8) is 0 Å². The Kier molecular flexibility index (Phi) is 4.51. The minimum atomic E-state index is -0.0858. The lowest BCUT2D eigenvalue weighted by Crippen LogP contribution is -2.21. The van der Waals surface area contributed by atoms with E-state index in [1.807, 2.05) is 0 Å². The summed E-state index contributed by atoms with van der Waals surface area (Å²) in [5.41, 5.74) is 8.45.